The summed E-state index contributed by atoms with van der Waals surface area (Å²) in [6.45, 7) is 1.82. The van der Waals surface area contributed by atoms with Gasteiger partial charge in [0.25, 0.3) is 10.1 Å². The van der Waals surface area contributed by atoms with Crippen LogP contribution >= 0.6 is 0 Å². The number of nitrogens with zero attached hydrogens (tertiary/aromatic N) is 4. The van der Waals surface area contributed by atoms with Crippen molar-refractivity contribution in [2.24, 2.45) is 0 Å². The number of aryl methyl sites for hydroxylation is 1. The first kappa shape index (κ1) is 16.9. The first-order valence-electron chi connectivity index (χ1n) is 8.34. The quantitative estimate of drug-likeness (QED) is 0.620. The van der Waals surface area contributed by atoms with Gasteiger partial charge in [-0.15, -0.1) is 5.10 Å². The smallest absolute Gasteiger partial charge is 0.261 e. The van der Waals surface area contributed by atoms with Crippen LogP contribution in [0.4, 0.5) is 0 Å². The minimum Gasteiger partial charge on any atom is -0.261 e. The monoisotopic (exact) mass is 370 g/mol. The zero-order valence-electron chi connectivity index (χ0n) is 14.2. The molecule has 0 aliphatic heterocycles. The van der Waals surface area contributed by atoms with Crippen LogP contribution in [0.1, 0.15) is 35.7 Å². The zero-order valence-corrected chi connectivity index (χ0v) is 15.1. The predicted molar refractivity (Wildman–Crippen MR) is 94.3 cm³/mol. The Labute approximate surface area is 151 Å². The fourth-order valence-electron chi connectivity index (χ4n) is 2.47. The molecule has 0 radical (unpaired) electrons. The number of rotatable bonds is 6. The van der Waals surface area contributed by atoms with Crippen molar-refractivity contribution >= 4 is 10.1 Å². The van der Waals surface area contributed by atoms with Gasteiger partial charge in [-0.3, -0.25) is 4.18 Å². The Morgan fingerprint density at radius 2 is 1.88 bits per heavy atom. The van der Waals surface area contributed by atoms with Crippen molar-refractivity contribution < 1.29 is 12.6 Å². The summed E-state index contributed by atoms with van der Waals surface area (Å²) in [6, 6.07) is 10.1. The summed E-state index contributed by atoms with van der Waals surface area (Å²) in [5.41, 5.74) is 1.65. The number of hydrogen-bond donors (Lipinski definition) is 0. The highest BCUT2D eigenvalue weighted by atomic mass is 32.2. The second-order valence-corrected chi connectivity index (χ2v) is 7.99. The van der Waals surface area contributed by atoms with Crippen LogP contribution in [0.15, 0.2) is 53.8 Å². The lowest BCUT2D eigenvalue weighted by Gasteiger charge is -2.06. The van der Waals surface area contributed by atoms with Gasteiger partial charge in [0.1, 0.15) is 6.33 Å². The molecular weight excluding hydrogens is 352 g/mol. The summed E-state index contributed by atoms with van der Waals surface area (Å²) in [4.78, 5) is 8.75. The van der Waals surface area contributed by atoms with Crippen LogP contribution in [0.2, 0.25) is 0 Å². The zero-order chi connectivity index (χ0) is 18.1. The molecule has 26 heavy (non-hydrogen) atoms. The molecule has 7 nitrogen and oxygen atoms in total. The van der Waals surface area contributed by atoms with Crippen LogP contribution in [-0.2, 0) is 20.9 Å². The van der Waals surface area contributed by atoms with Gasteiger partial charge < -0.3 is 0 Å². The van der Waals surface area contributed by atoms with E-state index in [4.69, 9.17) is 4.18 Å². The van der Waals surface area contributed by atoms with Crippen LogP contribution in [0, 0.1) is 6.92 Å². The SMILES string of the molecule is Cc1ccc(S(=O)(=O)OCc2ccc(-n3cnc(C4CC4)n3)nc2)cc1. The Balaban J connectivity index is 1.42. The molecule has 2 heterocycles. The van der Waals surface area contributed by atoms with Crippen LogP contribution in [0.5, 0.6) is 0 Å². The summed E-state index contributed by atoms with van der Waals surface area (Å²) < 4.78 is 31.2. The normalized spacial score (nSPS) is 14.5. The second-order valence-electron chi connectivity index (χ2n) is 6.38. The Morgan fingerprint density at radius 3 is 2.54 bits per heavy atom. The van der Waals surface area contributed by atoms with Gasteiger partial charge in [0.05, 0.1) is 11.5 Å². The van der Waals surface area contributed by atoms with E-state index >= 15 is 0 Å². The Kier molecular flexibility index (Phi) is 4.29. The lowest BCUT2D eigenvalue weighted by atomic mass is 10.2. The van der Waals surface area contributed by atoms with Gasteiger partial charge in [0, 0.05) is 12.1 Å². The van der Waals surface area contributed by atoms with E-state index in [1.54, 1.807) is 41.5 Å². The van der Waals surface area contributed by atoms with E-state index in [-0.39, 0.29) is 11.5 Å². The van der Waals surface area contributed by atoms with Gasteiger partial charge in [-0.2, -0.15) is 8.42 Å². The summed E-state index contributed by atoms with van der Waals surface area (Å²) in [5.74, 6) is 1.97. The van der Waals surface area contributed by atoms with Crippen molar-refractivity contribution in [1.29, 1.82) is 0 Å². The molecule has 0 amide bonds. The second kappa shape index (κ2) is 6.62. The molecule has 1 saturated carbocycles. The molecule has 0 spiro atoms. The van der Waals surface area contributed by atoms with Crippen molar-refractivity contribution in [3.63, 3.8) is 0 Å². The molecular formula is C18H18N4O3S. The lowest BCUT2D eigenvalue weighted by molar-refractivity contribution is 0.307. The van der Waals surface area contributed by atoms with Crippen LogP contribution in [0.25, 0.3) is 5.82 Å². The van der Waals surface area contributed by atoms with E-state index in [1.165, 1.54) is 12.1 Å². The molecule has 1 fully saturated rings. The third-order valence-electron chi connectivity index (χ3n) is 4.19. The molecule has 0 unspecified atom stereocenters. The van der Waals surface area contributed by atoms with Gasteiger partial charge in [-0.25, -0.2) is 14.6 Å². The Hall–Kier alpha value is -2.58. The minimum atomic E-state index is -3.79. The molecule has 8 heteroatoms. The lowest BCUT2D eigenvalue weighted by Crippen LogP contribution is -2.07. The van der Waals surface area contributed by atoms with Gasteiger partial charge in [0.15, 0.2) is 11.6 Å². The predicted octanol–water partition coefficient (Wildman–Crippen LogP) is 2.75. The van der Waals surface area contributed by atoms with E-state index < -0.39 is 10.1 Å². The topological polar surface area (TPSA) is 87.0 Å². The van der Waals surface area contributed by atoms with E-state index in [0.29, 0.717) is 17.3 Å². The van der Waals surface area contributed by atoms with E-state index in [9.17, 15) is 8.42 Å². The summed E-state index contributed by atoms with van der Waals surface area (Å²) >= 11 is 0. The molecule has 4 rings (SSSR count). The van der Waals surface area contributed by atoms with E-state index in [0.717, 1.165) is 24.2 Å². The van der Waals surface area contributed by atoms with Crippen molar-refractivity contribution in [3.05, 3.63) is 65.9 Å². The van der Waals surface area contributed by atoms with Gasteiger partial charge in [-0.1, -0.05) is 23.8 Å². The van der Waals surface area contributed by atoms with Crippen molar-refractivity contribution in [1.82, 2.24) is 19.7 Å². The standard InChI is InChI=1S/C18H18N4O3S/c1-13-2-7-16(8-3-13)26(23,24)25-11-14-4-9-17(19-10-14)22-12-20-18(21-22)15-5-6-15/h2-4,7-10,12,15H,5-6,11H2,1H3. The number of pyridine rings is 1. The molecule has 0 bridgehead atoms. The van der Waals surface area contributed by atoms with Crippen LogP contribution in [-0.4, -0.2) is 28.2 Å². The average molecular weight is 370 g/mol. The highest BCUT2D eigenvalue weighted by Gasteiger charge is 2.27. The number of benzene rings is 1. The van der Waals surface area contributed by atoms with Crippen molar-refractivity contribution in [3.8, 4) is 5.82 Å². The highest BCUT2D eigenvalue weighted by Crippen LogP contribution is 2.37. The van der Waals surface area contributed by atoms with Crippen molar-refractivity contribution in [2.45, 2.75) is 37.2 Å². The van der Waals surface area contributed by atoms with Crippen LogP contribution in [0.3, 0.4) is 0 Å². The fourth-order valence-corrected chi connectivity index (χ4v) is 3.37. The third kappa shape index (κ3) is 3.66. The molecule has 1 aliphatic carbocycles. The molecule has 0 atom stereocenters. The van der Waals surface area contributed by atoms with Gasteiger partial charge in [0.2, 0.25) is 0 Å². The largest absolute Gasteiger partial charge is 0.297 e. The molecule has 1 aliphatic rings. The highest BCUT2D eigenvalue weighted by molar-refractivity contribution is 7.86. The maximum atomic E-state index is 12.2. The molecule has 0 N–H and O–H groups in total. The maximum Gasteiger partial charge on any atom is 0.297 e. The Morgan fingerprint density at radius 1 is 1.12 bits per heavy atom. The first-order valence-corrected chi connectivity index (χ1v) is 9.75. The molecule has 3 aromatic rings. The van der Waals surface area contributed by atoms with Gasteiger partial charge >= 0.3 is 0 Å². The molecule has 1 aromatic carbocycles. The minimum absolute atomic E-state index is 0.0752. The van der Waals surface area contributed by atoms with E-state index in [2.05, 4.69) is 15.1 Å². The molecule has 2 aromatic heterocycles. The van der Waals surface area contributed by atoms with Crippen LogP contribution < -0.4 is 0 Å². The van der Waals surface area contributed by atoms with Gasteiger partial charge in [-0.05, 0) is 43.5 Å². The average Bonchev–Trinajstić information content (AvgIpc) is 3.38. The molecule has 0 saturated heterocycles. The molecule has 134 valence electrons. The third-order valence-corrected chi connectivity index (χ3v) is 5.46. The maximum absolute atomic E-state index is 12.2. The Bertz CT molecular complexity index is 1010. The first-order chi connectivity index (χ1) is 12.5. The number of aromatic nitrogens is 4. The van der Waals surface area contributed by atoms with Crippen molar-refractivity contribution in [2.75, 3.05) is 0 Å². The number of hydrogen-bond acceptors (Lipinski definition) is 6. The fraction of sp³-hybridized carbons (Fsp3) is 0.278. The van der Waals surface area contributed by atoms with E-state index in [1.807, 2.05) is 6.92 Å². The summed E-state index contributed by atoms with van der Waals surface area (Å²) in [6.07, 6.45) is 5.51. The summed E-state index contributed by atoms with van der Waals surface area (Å²) in [7, 11) is -3.79. The summed E-state index contributed by atoms with van der Waals surface area (Å²) in [5, 5.41) is 4.42.